The summed E-state index contributed by atoms with van der Waals surface area (Å²) in [5.41, 5.74) is 2.60. The third-order valence-electron chi connectivity index (χ3n) is 5.26. The van der Waals surface area contributed by atoms with Gasteiger partial charge in [-0.2, -0.15) is 4.98 Å². The molecule has 0 aliphatic carbocycles. The van der Waals surface area contributed by atoms with Crippen LogP contribution in [-0.2, 0) is 10.0 Å². The maximum absolute atomic E-state index is 13.4. The van der Waals surface area contributed by atoms with Gasteiger partial charge in [0, 0.05) is 31.0 Å². The van der Waals surface area contributed by atoms with Gasteiger partial charge in [0.15, 0.2) is 0 Å². The van der Waals surface area contributed by atoms with Crippen LogP contribution < -0.4 is 10.0 Å². The van der Waals surface area contributed by atoms with Crippen LogP contribution >= 0.6 is 0 Å². The van der Waals surface area contributed by atoms with Gasteiger partial charge in [0.25, 0.3) is 0 Å². The van der Waals surface area contributed by atoms with Crippen LogP contribution in [0.25, 0.3) is 28.5 Å². The minimum atomic E-state index is -3.54. The van der Waals surface area contributed by atoms with Gasteiger partial charge in [0.2, 0.25) is 16.0 Å². The maximum atomic E-state index is 13.4. The fraction of sp³-hybridized carbons (Fsp3) is 0.125. The Morgan fingerprint density at radius 3 is 2.57 bits per heavy atom. The molecule has 35 heavy (non-hydrogen) atoms. The number of nitrogens with zero attached hydrogens (tertiary/aromatic N) is 4. The number of hydrogen-bond acceptors (Lipinski definition) is 7. The van der Waals surface area contributed by atoms with E-state index >= 15 is 0 Å². The number of aromatic nitrogens is 4. The highest BCUT2D eigenvalue weighted by molar-refractivity contribution is 7.89. The normalized spacial score (nSPS) is 11.7. The van der Waals surface area contributed by atoms with Crippen LogP contribution in [0.4, 0.5) is 10.3 Å². The summed E-state index contributed by atoms with van der Waals surface area (Å²) in [6.45, 7) is 0.718. The van der Waals surface area contributed by atoms with Crippen molar-refractivity contribution in [3.8, 4) is 22.6 Å². The van der Waals surface area contributed by atoms with Gasteiger partial charge < -0.3 is 9.73 Å². The van der Waals surface area contributed by atoms with Crippen molar-refractivity contribution in [1.82, 2.24) is 24.1 Å². The molecule has 3 aromatic heterocycles. The fourth-order valence-corrected chi connectivity index (χ4v) is 4.69. The van der Waals surface area contributed by atoms with E-state index in [4.69, 9.17) is 4.42 Å². The van der Waals surface area contributed by atoms with Gasteiger partial charge in [0.05, 0.1) is 10.6 Å². The van der Waals surface area contributed by atoms with E-state index in [1.807, 2.05) is 0 Å². The summed E-state index contributed by atoms with van der Waals surface area (Å²) in [5, 5.41) is 3.12. The quantitative estimate of drug-likeness (QED) is 0.299. The Kier molecular flexibility index (Phi) is 6.25. The molecular formula is C24H21FN6O3S. The summed E-state index contributed by atoms with van der Waals surface area (Å²) < 4.78 is 47.8. The third kappa shape index (κ3) is 4.91. The minimum Gasteiger partial charge on any atom is -0.432 e. The van der Waals surface area contributed by atoms with Gasteiger partial charge in [-0.05, 0) is 48.9 Å². The van der Waals surface area contributed by atoms with E-state index < -0.39 is 10.0 Å². The second kappa shape index (κ2) is 9.65. The number of sulfonamides is 1. The van der Waals surface area contributed by atoms with Crippen LogP contribution in [-0.4, -0.2) is 40.9 Å². The Morgan fingerprint density at radius 1 is 0.971 bits per heavy atom. The largest absolute Gasteiger partial charge is 0.432 e. The molecule has 0 amide bonds. The van der Waals surface area contributed by atoms with Crippen molar-refractivity contribution in [3.05, 3.63) is 85.1 Å². The number of rotatable bonds is 9. The van der Waals surface area contributed by atoms with Crippen molar-refractivity contribution >= 4 is 21.8 Å². The maximum Gasteiger partial charge on any atom is 0.306 e. The molecule has 0 fully saturated rings. The molecule has 178 valence electrons. The second-order valence-electron chi connectivity index (χ2n) is 7.63. The van der Waals surface area contributed by atoms with E-state index in [1.54, 1.807) is 65.3 Å². The summed E-state index contributed by atoms with van der Waals surface area (Å²) in [5.74, 6) is 0.438. The average Bonchev–Trinajstić information content (AvgIpc) is 3.47. The van der Waals surface area contributed by atoms with Crippen LogP contribution in [0.15, 0.2) is 88.6 Å². The third-order valence-corrected chi connectivity index (χ3v) is 6.74. The zero-order chi connectivity index (χ0) is 24.3. The van der Waals surface area contributed by atoms with Crippen molar-refractivity contribution in [2.45, 2.75) is 11.3 Å². The summed E-state index contributed by atoms with van der Waals surface area (Å²) in [6.07, 6.45) is 5.41. The first kappa shape index (κ1) is 22.7. The fourth-order valence-electron chi connectivity index (χ4n) is 3.59. The zero-order valence-electron chi connectivity index (χ0n) is 18.4. The van der Waals surface area contributed by atoms with E-state index in [0.717, 1.165) is 5.56 Å². The molecular weight excluding hydrogens is 471 g/mol. The Hall–Kier alpha value is -4.09. The van der Waals surface area contributed by atoms with Crippen LogP contribution in [0, 0.1) is 5.82 Å². The lowest BCUT2D eigenvalue weighted by Crippen LogP contribution is -2.26. The van der Waals surface area contributed by atoms with E-state index in [9.17, 15) is 12.8 Å². The van der Waals surface area contributed by atoms with Crippen molar-refractivity contribution in [3.63, 3.8) is 0 Å². The summed E-state index contributed by atoms with van der Waals surface area (Å²) in [7, 11) is -3.54. The van der Waals surface area contributed by atoms with Gasteiger partial charge in [-0.3, -0.25) is 4.40 Å². The standard InChI is InChI=1S/C24H21FN6O3S/c25-18-9-7-17(8-10-18)21-22(31-15-16-34-24(31)30-21)20-11-14-27-23(29-20)26-12-4-13-28-35(32,33)19-5-2-1-3-6-19/h1-3,5-11,14-16,28H,4,12-13H2,(H,26,27,29). The Balaban J connectivity index is 1.29. The minimum absolute atomic E-state index is 0.229. The predicted octanol–water partition coefficient (Wildman–Crippen LogP) is 3.97. The molecule has 0 spiro atoms. The van der Waals surface area contributed by atoms with Crippen molar-refractivity contribution < 1.29 is 17.2 Å². The number of hydrogen-bond donors (Lipinski definition) is 2. The van der Waals surface area contributed by atoms with Crippen LogP contribution in [0.3, 0.4) is 0 Å². The number of anilines is 1. The molecule has 3 heterocycles. The molecule has 9 nitrogen and oxygen atoms in total. The molecule has 0 aliphatic heterocycles. The second-order valence-corrected chi connectivity index (χ2v) is 9.40. The molecule has 2 N–H and O–H groups in total. The Bertz CT molecular complexity index is 1550. The van der Waals surface area contributed by atoms with Gasteiger partial charge in [-0.15, -0.1) is 0 Å². The predicted molar refractivity (Wildman–Crippen MR) is 129 cm³/mol. The van der Waals surface area contributed by atoms with E-state index in [-0.39, 0.29) is 17.3 Å². The number of benzene rings is 2. The molecule has 11 heteroatoms. The van der Waals surface area contributed by atoms with E-state index in [0.29, 0.717) is 41.8 Å². The molecule has 0 unspecified atom stereocenters. The van der Waals surface area contributed by atoms with Gasteiger partial charge >= 0.3 is 5.84 Å². The first-order chi connectivity index (χ1) is 17.0. The lowest BCUT2D eigenvalue weighted by Gasteiger charge is -2.09. The monoisotopic (exact) mass is 492 g/mol. The average molecular weight is 493 g/mol. The highest BCUT2D eigenvalue weighted by Crippen LogP contribution is 2.32. The van der Waals surface area contributed by atoms with Gasteiger partial charge in [-0.25, -0.2) is 27.5 Å². The first-order valence-corrected chi connectivity index (χ1v) is 12.3. The Labute approximate surface area is 200 Å². The lowest BCUT2D eigenvalue weighted by atomic mass is 10.1. The molecule has 0 saturated carbocycles. The SMILES string of the molecule is O=S(=O)(NCCCNc1nccc(-c2c(-c3ccc(F)cc3)nc3occn23)n1)c1ccccc1. The van der Waals surface area contributed by atoms with E-state index in [1.165, 1.54) is 18.4 Å². The van der Waals surface area contributed by atoms with Crippen LogP contribution in [0.2, 0.25) is 0 Å². The topological polar surface area (TPSA) is 114 Å². The van der Waals surface area contributed by atoms with Gasteiger partial charge in [0.1, 0.15) is 23.5 Å². The molecule has 5 aromatic rings. The van der Waals surface area contributed by atoms with Crippen LogP contribution in [0.5, 0.6) is 0 Å². The summed E-state index contributed by atoms with van der Waals surface area (Å²) in [6, 6.07) is 16.0. The number of fused-ring (bicyclic) bond motifs is 1. The molecule has 0 bridgehead atoms. The molecule has 0 aliphatic rings. The van der Waals surface area contributed by atoms with Crippen molar-refractivity contribution in [1.29, 1.82) is 0 Å². The first-order valence-electron chi connectivity index (χ1n) is 10.8. The van der Waals surface area contributed by atoms with E-state index in [2.05, 4.69) is 25.0 Å². The Morgan fingerprint density at radius 2 is 1.77 bits per heavy atom. The number of nitrogens with one attached hydrogen (secondary N) is 2. The number of halogens is 1. The molecule has 0 atom stereocenters. The molecule has 0 radical (unpaired) electrons. The number of oxazole rings is 1. The highest BCUT2D eigenvalue weighted by atomic mass is 32.2. The van der Waals surface area contributed by atoms with Gasteiger partial charge in [-0.1, -0.05) is 18.2 Å². The smallest absolute Gasteiger partial charge is 0.306 e. The summed E-state index contributed by atoms with van der Waals surface area (Å²) in [4.78, 5) is 13.6. The molecule has 0 saturated heterocycles. The lowest BCUT2D eigenvalue weighted by molar-refractivity contribution is 0.580. The molecule has 5 rings (SSSR count). The number of imidazole rings is 1. The molecule has 2 aromatic carbocycles. The van der Waals surface area contributed by atoms with Crippen molar-refractivity contribution in [2.75, 3.05) is 18.4 Å². The highest BCUT2D eigenvalue weighted by Gasteiger charge is 2.19. The summed E-state index contributed by atoms with van der Waals surface area (Å²) >= 11 is 0. The van der Waals surface area contributed by atoms with Crippen LogP contribution in [0.1, 0.15) is 6.42 Å². The van der Waals surface area contributed by atoms with Crippen molar-refractivity contribution in [2.24, 2.45) is 0 Å². The zero-order valence-corrected chi connectivity index (χ0v) is 19.2.